The molecule has 232 valence electrons. The van der Waals surface area contributed by atoms with Crippen LogP contribution >= 0.6 is 11.3 Å². The Balaban J connectivity index is 1.37. The van der Waals surface area contributed by atoms with Crippen LogP contribution in [0.5, 0.6) is 5.75 Å². The van der Waals surface area contributed by atoms with E-state index < -0.39 is 17.9 Å². The largest absolute Gasteiger partial charge is 0.494 e. The van der Waals surface area contributed by atoms with Crippen molar-refractivity contribution in [2.75, 3.05) is 6.61 Å². The normalized spacial score (nSPS) is 12.1. The Kier molecular flexibility index (Phi) is 11.3. The van der Waals surface area contributed by atoms with Crippen LogP contribution in [0, 0.1) is 6.92 Å². The maximum atomic E-state index is 12.9. The van der Waals surface area contributed by atoms with Gasteiger partial charge < -0.3 is 15.2 Å². The van der Waals surface area contributed by atoms with Crippen LogP contribution in [0.15, 0.2) is 66.7 Å². The van der Waals surface area contributed by atoms with Gasteiger partial charge in [-0.25, -0.2) is 4.79 Å². The fourth-order valence-electron chi connectivity index (χ4n) is 4.93. The smallest absolute Gasteiger partial charge is 0.326 e. The molecule has 7 nitrogen and oxygen atoms in total. The molecule has 0 aliphatic carbocycles. The van der Waals surface area contributed by atoms with E-state index in [2.05, 4.69) is 43.2 Å². The summed E-state index contributed by atoms with van der Waals surface area (Å²) in [6.45, 7) is 11.2. The van der Waals surface area contributed by atoms with E-state index in [-0.39, 0.29) is 11.8 Å². The first kappa shape index (κ1) is 32.9. The minimum atomic E-state index is -1.08. The predicted octanol–water partition coefficient (Wildman–Crippen LogP) is 8.25. The zero-order valence-corrected chi connectivity index (χ0v) is 27.2. The Hall–Kier alpha value is -4.04. The van der Waals surface area contributed by atoms with Crippen molar-refractivity contribution in [1.82, 2.24) is 15.5 Å². The number of ether oxygens (including phenoxy) is 1. The van der Waals surface area contributed by atoms with E-state index in [1.807, 2.05) is 61.5 Å². The summed E-state index contributed by atoms with van der Waals surface area (Å²) in [6.07, 6.45) is 6.21. The zero-order chi connectivity index (χ0) is 31.7. The Labute approximate surface area is 264 Å². The molecular weight excluding hydrogens is 570 g/mol. The second kappa shape index (κ2) is 15.1. The van der Waals surface area contributed by atoms with E-state index in [9.17, 15) is 14.7 Å². The molecule has 8 heteroatoms. The quantitative estimate of drug-likeness (QED) is 0.139. The van der Waals surface area contributed by atoms with Crippen LogP contribution in [0.25, 0.3) is 21.1 Å². The highest BCUT2D eigenvalue weighted by Crippen LogP contribution is 2.33. The number of nitrogens with zero attached hydrogens (tertiary/aromatic N) is 2. The third kappa shape index (κ3) is 8.99. The summed E-state index contributed by atoms with van der Waals surface area (Å²) in [6, 6.07) is 20.0. The average molecular weight is 614 g/mol. The van der Waals surface area contributed by atoms with Gasteiger partial charge in [0.05, 0.1) is 6.61 Å². The summed E-state index contributed by atoms with van der Waals surface area (Å²) >= 11 is 1.51. The maximum Gasteiger partial charge on any atom is 0.326 e. The van der Waals surface area contributed by atoms with E-state index in [0.717, 1.165) is 56.6 Å². The number of rotatable bonds is 14. The summed E-state index contributed by atoms with van der Waals surface area (Å²) < 4.78 is 5.89. The minimum Gasteiger partial charge on any atom is -0.494 e. The van der Waals surface area contributed by atoms with Crippen LogP contribution in [-0.2, 0) is 16.6 Å². The van der Waals surface area contributed by atoms with Crippen molar-refractivity contribution in [2.45, 2.75) is 84.6 Å². The Morgan fingerprint density at radius 2 is 1.59 bits per heavy atom. The second-order valence-electron chi connectivity index (χ2n) is 12.2. The molecule has 2 N–H and O–H groups in total. The lowest BCUT2D eigenvalue weighted by Gasteiger charge is -2.19. The topological polar surface area (TPSA) is 101 Å². The van der Waals surface area contributed by atoms with Gasteiger partial charge >= 0.3 is 5.97 Å². The fourth-order valence-corrected chi connectivity index (χ4v) is 5.87. The molecule has 1 unspecified atom stereocenters. The van der Waals surface area contributed by atoms with Crippen LogP contribution in [0.3, 0.4) is 0 Å². The van der Waals surface area contributed by atoms with Gasteiger partial charge in [0.2, 0.25) is 0 Å². The number of carbonyl (C=O) groups excluding carboxylic acids is 1. The lowest BCUT2D eigenvalue weighted by molar-refractivity contribution is -0.139. The molecule has 0 aliphatic rings. The number of hydrogen-bond acceptors (Lipinski definition) is 6. The molecule has 4 aromatic rings. The highest BCUT2D eigenvalue weighted by atomic mass is 32.1. The molecule has 0 fully saturated rings. The monoisotopic (exact) mass is 613 g/mol. The zero-order valence-electron chi connectivity index (χ0n) is 26.4. The second-order valence-corrected chi connectivity index (χ2v) is 13.2. The molecule has 0 spiro atoms. The van der Waals surface area contributed by atoms with Gasteiger partial charge in [-0.2, -0.15) is 0 Å². The number of nitrogens with one attached hydrogen (secondary N) is 1. The van der Waals surface area contributed by atoms with Crippen molar-refractivity contribution >= 4 is 23.2 Å². The van der Waals surface area contributed by atoms with E-state index in [0.29, 0.717) is 5.56 Å². The van der Waals surface area contributed by atoms with Crippen molar-refractivity contribution in [1.29, 1.82) is 0 Å². The molecule has 1 heterocycles. The summed E-state index contributed by atoms with van der Waals surface area (Å²) in [4.78, 5) is 24.9. The van der Waals surface area contributed by atoms with Crippen LogP contribution in [0.4, 0.5) is 0 Å². The van der Waals surface area contributed by atoms with Crippen molar-refractivity contribution in [3.8, 4) is 26.9 Å². The SMILES string of the molecule is CCCCCCCOc1ccc(-c2nnc(-c3ccc(CC(NC(=O)c4ccc(C(C)(C)C)cc4)C(=O)O)cc3C)s2)cc1. The molecule has 0 saturated carbocycles. The van der Waals surface area contributed by atoms with Crippen molar-refractivity contribution in [3.63, 3.8) is 0 Å². The number of unbranched alkanes of at least 4 members (excludes halogenated alkanes) is 4. The Morgan fingerprint density at radius 1 is 0.909 bits per heavy atom. The van der Waals surface area contributed by atoms with Crippen LogP contribution in [-0.4, -0.2) is 39.8 Å². The highest BCUT2D eigenvalue weighted by Gasteiger charge is 2.22. The van der Waals surface area contributed by atoms with E-state index in [4.69, 9.17) is 4.74 Å². The number of carbonyl (C=O) groups is 2. The molecular formula is C36H43N3O4S. The van der Waals surface area contributed by atoms with Gasteiger partial charge in [-0.15, -0.1) is 10.2 Å². The first-order valence-electron chi connectivity index (χ1n) is 15.4. The Morgan fingerprint density at radius 3 is 2.23 bits per heavy atom. The van der Waals surface area contributed by atoms with Gasteiger partial charge in [0, 0.05) is 23.1 Å². The first-order chi connectivity index (χ1) is 21.0. The molecule has 0 bridgehead atoms. The molecule has 0 aliphatic heterocycles. The minimum absolute atomic E-state index is 0.0351. The summed E-state index contributed by atoms with van der Waals surface area (Å²) in [5.74, 6) is -0.632. The molecule has 0 saturated heterocycles. The lowest BCUT2D eigenvalue weighted by atomic mass is 9.86. The van der Waals surface area contributed by atoms with Gasteiger partial charge in [0.1, 0.15) is 21.8 Å². The molecule has 0 radical (unpaired) electrons. The predicted molar refractivity (Wildman–Crippen MR) is 178 cm³/mol. The summed E-state index contributed by atoms with van der Waals surface area (Å²) in [5, 5.41) is 23.0. The number of aliphatic carboxylic acids is 1. The van der Waals surface area contributed by atoms with E-state index in [1.54, 1.807) is 12.1 Å². The molecule has 1 aromatic heterocycles. The van der Waals surface area contributed by atoms with Crippen LogP contribution in [0.1, 0.15) is 86.8 Å². The number of hydrogen-bond donors (Lipinski definition) is 2. The van der Waals surface area contributed by atoms with Crippen LogP contribution in [0.2, 0.25) is 0 Å². The summed E-state index contributed by atoms with van der Waals surface area (Å²) in [5.41, 5.74) is 5.19. The third-order valence-electron chi connectivity index (χ3n) is 7.62. The van der Waals surface area contributed by atoms with Gasteiger partial charge in [-0.05, 0) is 71.8 Å². The molecule has 3 aromatic carbocycles. The van der Waals surface area contributed by atoms with E-state index >= 15 is 0 Å². The van der Waals surface area contributed by atoms with Gasteiger partial charge in [0.25, 0.3) is 5.91 Å². The standard InChI is InChI=1S/C36H43N3O4S/c1-6-7-8-9-10-21-43-29-18-14-27(15-19-29)33-38-39-34(44-33)30-20-11-25(22-24(30)2)23-31(35(41)42)37-32(40)26-12-16-28(17-13-26)36(3,4)5/h11-20,22,31H,6-10,21,23H2,1-5H3,(H,37,40)(H,41,42). The third-order valence-corrected chi connectivity index (χ3v) is 8.63. The molecule has 1 atom stereocenters. The first-order valence-corrected chi connectivity index (χ1v) is 16.2. The fraction of sp³-hybridized carbons (Fsp3) is 0.389. The number of aromatic nitrogens is 2. The van der Waals surface area contributed by atoms with Crippen molar-refractivity contribution in [3.05, 3.63) is 89.0 Å². The highest BCUT2D eigenvalue weighted by molar-refractivity contribution is 7.17. The molecule has 44 heavy (non-hydrogen) atoms. The Bertz CT molecular complexity index is 1540. The van der Waals surface area contributed by atoms with E-state index in [1.165, 1.54) is 37.0 Å². The number of carboxylic acid groups (broad SMARTS) is 1. The molecule has 4 rings (SSSR count). The van der Waals surface area contributed by atoms with Gasteiger partial charge in [-0.3, -0.25) is 4.79 Å². The number of amides is 1. The lowest BCUT2D eigenvalue weighted by Crippen LogP contribution is -2.42. The number of aryl methyl sites for hydroxylation is 1. The summed E-state index contributed by atoms with van der Waals surface area (Å²) in [7, 11) is 0. The number of benzene rings is 3. The van der Waals surface area contributed by atoms with Gasteiger partial charge in [-0.1, -0.05) is 95.0 Å². The average Bonchev–Trinajstić information content (AvgIpc) is 3.48. The van der Waals surface area contributed by atoms with Crippen molar-refractivity contribution in [2.24, 2.45) is 0 Å². The van der Waals surface area contributed by atoms with Crippen molar-refractivity contribution < 1.29 is 19.4 Å². The maximum absolute atomic E-state index is 12.9. The molecule has 1 amide bonds. The van der Waals surface area contributed by atoms with Gasteiger partial charge in [0.15, 0.2) is 0 Å². The number of carboxylic acids is 1. The van der Waals surface area contributed by atoms with Crippen LogP contribution < -0.4 is 10.1 Å².